The van der Waals surface area contributed by atoms with Gasteiger partial charge in [-0.15, -0.1) is 0 Å². The molecule has 1 unspecified atom stereocenters. The number of hydrogen-bond acceptors (Lipinski definition) is 3. The van der Waals surface area contributed by atoms with E-state index in [-0.39, 0.29) is 12.0 Å². The molecule has 1 N–H and O–H groups in total. The van der Waals surface area contributed by atoms with Gasteiger partial charge in [0, 0.05) is 30.8 Å². The van der Waals surface area contributed by atoms with Crippen LogP contribution in [0.2, 0.25) is 0 Å². The Morgan fingerprint density at radius 1 is 1.39 bits per heavy atom. The minimum absolute atomic E-state index is 0.0402. The first-order chi connectivity index (χ1) is 11.0. The van der Waals surface area contributed by atoms with E-state index in [1.54, 1.807) is 0 Å². The van der Waals surface area contributed by atoms with Crippen LogP contribution in [0.25, 0.3) is 0 Å². The first-order valence-electron chi connectivity index (χ1n) is 8.12. The Morgan fingerprint density at radius 2 is 2.22 bits per heavy atom. The van der Waals surface area contributed by atoms with E-state index in [9.17, 15) is 4.79 Å². The highest BCUT2D eigenvalue weighted by Gasteiger charge is 2.19. The number of aromatic nitrogens is 2. The lowest BCUT2D eigenvalue weighted by Gasteiger charge is -2.08. The summed E-state index contributed by atoms with van der Waals surface area (Å²) in [6.07, 6.45) is 2.38. The molecule has 1 amide bonds. The van der Waals surface area contributed by atoms with Crippen LogP contribution in [0.15, 0.2) is 24.3 Å². The number of hydrogen-bond donors (Lipinski definition) is 1. The number of nitrogens with zero attached hydrogens (tertiary/aromatic N) is 2. The molecule has 0 saturated heterocycles. The maximum atomic E-state index is 12.1. The highest BCUT2D eigenvalue weighted by atomic mass is 16.5. The maximum Gasteiger partial charge on any atom is 0.224 e. The smallest absolute Gasteiger partial charge is 0.224 e. The lowest BCUT2D eigenvalue weighted by atomic mass is 10.1. The highest BCUT2D eigenvalue weighted by Crippen LogP contribution is 2.30. The Hall–Kier alpha value is -2.30. The summed E-state index contributed by atoms with van der Waals surface area (Å²) in [5.74, 6) is 0.971. The van der Waals surface area contributed by atoms with E-state index in [1.807, 2.05) is 42.8 Å². The number of ether oxygens (including phenoxy) is 1. The molecule has 5 heteroatoms. The quantitative estimate of drug-likeness (QED) is 0.922. The van der Waals surface area contributed by atoms with E-state index in [2.05, 4.69) is 17.3 Å². The molecule has 0 spiro atoms. The summed E-state index contributed by atoms with van der Waals surface area (Å²) < 4.78 is 7.63. The zero-order valence-electron chi connectivity index (χ0n) is 13.9. The standard InChI is InChI=1S/C18H23N3O2/c1-12-9-13(2)21(20-12)8-4-5-18(22)19-16-6-7-17-15(11-16)10-14(3)23-17/h6-7,9,11,14H,4-5,8,10H2,1-3H3,(H,19,22). The Labute approximate surface area is 136 Å². The molecule has 2 aromatic rings. The molecule has 5 nitrogen and oxygen atoms in total. The molecule has 2 heterocycles. The van der Waals surface area contributed by atoms with Gasteiger partial charge in [0.05, 0.1) is 5.69 Å². The number of aryl methyl sites for hydroxylation is 3. The number of fused-ring (bicyclic) bond motifs is 1. The topological polar surface area (TPSA) is 56.2 Å². The molecule has 1 atom stereocenters. The zero-order chi connectivity index (χ0) is 16.4. The highest BCUT2D eigenvalue weighted by molar-refractivity contribution is 5.90. The number of benzene rings is 1. The van der Waals surface area contributed by atoms with Crippen molar-refractivity contribution in [3.8, 4) is 5.75 Å². The minimum atomic E-state index is 0.0402. The molecule has 23 heavy (non-hydrogen) atoms. The van der Waals surface area contributed by atoms with Crippen LogP contribution in [-0.4, -0.2) is 21.8 Å². The van der Waals surface area contributed by atoms with Crippen molar-refractivity contribution in [3.63, 3.8) is 0 Å². The number of rotatable bonds is 5. The second-order valence-corrected chi connectivity index (χ2v) is 6.26. The predicted octanol–water partition coefficient (Wildman–Crippen LogP) is 3.24. The molecule has 0 radical (unpaired) electrons. The van der Waals surface area contributed by atoms with Crippen molar-refractivity contribution in [2.24, 2.45) is 0 Å². The Kier molecular flexibility index (Phi) is 4.37. The van der Waals surface area contributed by atoms with Crippen molar-refractivity contribution in [1.29, 1.82) is 0 Å². The van der Waals surface area contributed by atoms with E-state index in [0.717, 1.165) is 47.8 Å². The number of nitrogens with one attached hydrogen (secondary N) is 1. The van der Waals surface area contributed by atoms with Gasteiger partial charge < -0.3 is 10.1 Å². The summed E-state index contributed by atoms with van der Waals surface area (Å²) in [7, 11) is 0. The van der Waals surface area contributed by atoms with Crippen molar-refractivity contribution >= 4 is 11.6 Å². The zero-order valence-corrected chi connectivity index (χ0v) is 13.9. The van der Waals surface area contributed by atoms with E-state index >= 15 is 0 Å². The molecule has 0 aliphatic carbocycles. The molecular formula is C18H23N3O2. The van der Waals surface area contributed by atoms with Gasteiger partial charge in [-0.2, -0.15) is 5.10 Å². The lowest BCUT2D eigenvalue weighted by molar-refractivity contribution is -0.116. The summed E-state index contributed by atoms with van der Waals surface area (Å²) >= 11 is 0. The van der Waals surface area contributed by atoms with Crippen LogP contribution in [0.3, 0.4) is 0 Å². The molecule has 3 rings (SSSR count). The van der Waals surface area contributed by atoms with E-state index in [0.29, 0.717) is 6.42 Å². The molecule has 1 aromatic heterocycles. The fourth-order valence-corrected chi connectivity index (χ4v) is 3.01. The van der Waals surface area contributed by atoms with Crippen LogP contribution in [0, 0.1) is 13.8 Å². The van der Waals surface area contributed by atoms with Crippen LogP contribution >= 0.6 is 0 Å². The Bertz CT molecular complexity index is 721. The summed E-state index contributed by atoms with van der Waals surface area (Å²) in [6, 6.07) is 7.89. The van der Waals surface area contributed by atoms with Gasteiger partial charge in [0.2, 0.25) is 5.91 Å². The van der Waals surface area contributed by atoms with Gasteiger partial charge in [-0.05, 0) is 57.0 Å². The normalized spacial score (nSPS) is 16.0. The third-order valence-electron chi connectivity index (χ3n) is 4.06. The molecule has 122 valence electrons. The summed E-state index contributed by atoms with van der Waals surface area (Å²) in [5, 5.41) is 7.38. The van der Waals surface area contributed by atoms with Gasteiger partial charge in [0.1, 0.15) is 11.9 Å². The van der Waals surface area contributed by atoms with Crippen molar-refractivity contribution in [2.45, 2.75) is 52.7 Å². The second kappa shape index (κ2) is 6.44. The third-order valence-corrected chi connectivity index (χ3v) is 4.06. The number of carbonyl (C=O) groups excluding carboxylic acids is 1. The number of amides is 1. The van der Waals surface area contributed by atoms with Crippen molar-refractivity contribution in [1.82, 2.24) is 9.78 Å². The maximum absolute atomic E-state index is 12.1. The fourth-order valence-electron chi connectivity index (χ4n) is 3.01. The minimum Gasteiger partial charge on any atom is -0.490 e. The molecule has 0 saturated carbocycles. The van der Waals surface area contributed by atoms with E-state index < -0.39 is 0 Å². The van der Waals surface area contributed by atoms with Crippen LogP contribution in [0.4, 0.5) is 5.69 Å². The van der Waals surface area contributed by atoms with E-state index in [4.69, 9.17) is 4.74 Å². The summed E-state index contributed by atoms with van der Waals surface area (Å²) in [6.45, 7) is 6.84. The lowest BCUT2D eigenvalue weighted by Crippen LogP contribution is -2.13. The second-order valence-electron chi connectivity index (χ2n) is 6.26. The van der Waals surface area contributed by atoms with E-state index in [1.165, 1.54) is 0 Å². The monoisotopic (exact) mass is 313 g/mol. The molecular weight excluding hydrogens is 290 g/mol. The summed E-state index contributed by atoms with van der Waals surface area (Å²) in [5.41, 5.74) is 4.16. The van der Waals surface area contributed by atoms with Gasteiger partial charge in [0.15, 0.2) is 0 Å². The molecule has 0 fully saturated rings. The van der Waals surface area contributed by atoms with Crippen molar-refractivity contribution in [2.75, 3.05) is 5.32 Å². The van der Waals surface area contributed by atoms with Crippen molar-refractivity contribution in [3.05, 3.63) is 41.2 Å². The molecule has 0 bridgehead atoms. The van der Waals surface area contributed by atoms with Gasteiger partial charge in [-0.3, -0.25) is 9.48 Å². The first-order valence-corrected chi connectivity index (χ1v) is 8.12. The predicted molar refractivity (Wildman–Crippen MR) is 89.8 cm³/mol. The Morgan fingerprint density at radius 3 is 2.96 bits per heavy atom. The van der Waals surface area contributed by atoms with Crippen LogP contribution in [0.1, 0.15) is 36.7 Å². The average Bonchev–Trinajstić information content (AvgIpc) is 2.99. The van der Waals surface area contributed by atoms with Gasteiger partial charge in [-0.1, -0.05) is 0 Å². The van der Waals surface area contributed by atoms with Crippen LogP contribution in [-0.2, 0) is 17.8 Å². The van der Waals surface area contributed by atoms with Crippen LogP contribution in [0.5, 0.6) is 5.75 Å². The molecule has 1 aliphatic rings. The summed E-state index contributed by atoms with van der Waals surface area (Å²) in [4.78, 5) is 12.1. The van der Waals surface area contributed by atoms with Gasteiger partial charge in [0.25, 0.3) is 0 Å². The average molecular weight is 313 g/mol. The molecule has 1 aromatic carbocycles. The third kappa shape index (κ3) is 3.73. The van der Waals surface area contributed by atoms with Gasteiger partial charge >= 0.3 is 0 Å². The SMILES string of the molecule is Cc1cc(C)n(CCCC(=O)Nc2ccc3c(c2)CC(C)O3)n1. The fraction of sp³-hybridized carbons (Fsp3) is 0.444. The van der Waals surface area contributed by atoms with Gasteiger partial charge in [-0.25, -0.2) is 0 Å². The largest absolute Gasteiger partial charge is 0.490 e. The Balaban J connectivity index is 1.50. The number of anilines is 1. The molecule has 1 aliphatic heterocycles. The number of carbonyl (C=O) groups is 1. The van der Waals surface area contributed by atoms with Crippen LogP contribution < -0.4 is 10.1 Å². The first kappa shape index (κ1) is 15.6. The van der Waals surface area contributed by atoms with Crippen molar-refractivity contribution < 1.29 is 9.53 Å².